The fourth-order valence-corrected chi connectivity index (χ4v) is 2.25. The maximum Gasteiger partial charge on any atom is 0.362 e. The molecule has 1 amide bonds. The first-order valence-electron chi connectivity index (χ1n) is 5.88. The summed E-state index contributed by atoms with van der Waals surface area (Å²) in [4.78, 5) is 32.9. The molecule has 1 heterocycles. The van der Waals surface area contributed by atoms with Crippen molar-refractivity contribution < 1.29 is 23.6 Å². The Hall–Kier alpha value is -2.03. The van der Waals surface area contributed by atoms with Crippen molar-refractivity contribution in [2.24, 2.45) is 0 Å². The van der Waals surface area contributed by atoms with E-state index in [1.807, 2.05) is 0 Å². The molecule has 0 radical (unpaired) electrons. The van der Waals surface area contributed by atoms with E-state index in [2.05, 4.69) is 15.9 Å². The van der Waals surface area contributed by atoms with E-state index in [0.717, 1.165) is 4.90 Å². The Morgan fingerprint density at radius 1 is 1.52 bits per heavy atom. The quantitative estimate of drug-likeness (QED) is 0.198. The van der Waals surface area contributed by atoms with E-state index in [1.54, 1.807) is 0 Å². The average molecular weight is 361 g/mol. The number of likely N-dealkylation sites (tertiary alicyclic amines) is 1. The van der Waals surface area contributed by atoms with E-state index in [1.165, 1.54) is 24.3 Å². The number of carbonyl (C=O) groups is 2. The summed E-state index contributed by atoms with van der Waals surface area (Å²) >= 11 is 3.01. The van der Waals surface area contributed by atoms with Gasteiger partial charge in [0.2, 0.25) is 5.91 Å². The number of carbonyl (C=O) groups excluding carboxylic acids is 2. The lowest BCUT2D eigenvalue weighted by molar-refractivity contribution is -0.384. The van der Waals surface area contributed by atoms with Crippen LogP contribution in [-0.2, 0) is 20.9 Å². The molecular formula is C12H10BrFN2O5. The van der Waals surface area contributed by atoms with Gasteiger partial charge in [-0.3, -0.25) is 14.9 Å². The molecular weight excluding hydrogens is 351 g/mol. The lowest BCUT2D eigenvalue weighted by Crippen LogP contribution is -2.58. The van der Waals surface area contributed by atoms with Gasteiger partial charge in [-0.2, -0.15) is 0 Å². The van der Waals surface area contributed by atoms with Gasteiger partial charge < -0.3 is 9.64 Å². The fourth-order valence-electron chi connectivity index (χ4n) is 1.68. The number of hydrogen-bond acceptors (Lipinski definition) is 5. The highest BCUT2D eigenvalue weighted by Crippen LogP contribution is 2.22. The van der Waals surface area contributed by atoms with Crippen molar-refractivity contribution in [1.29, 1.82) is 0 Å². The highest BCUT2D eigenvalue weighted by Gasteiger charge is 2.43. The van der Waals surface area contributed by atoms with Gasteiger partial charge >= 0.3 is 5.97 Å². The zero-order valence-corrected chi connectivity index (χ0v) is 12.2. The number of nitrogens with zero attached hydrogens (tertiary/aromatic N) is 2. The van der Waals surface area contributed by atoms with Gasteiger partial charge in [0.15, 0.2) is 0 Å². The number of non-ortho nitro benzene ring substituents is 1. The van der Waals surface area contributed by atoms with Crippen molar-refractivity contribution in [2.45, 2.75) is 17.7 Å². The molecule has 112 valence electrons. The molecule has 1 aliphatic rings. The maximum atomic E-state index is 13.7. The minimum Gasteiger partial charge on any atom is -0.457 e. The average Bonchev–Trinajstić information content (AvgIpc) is 2.49. The standard InChI is InChI=1S/C12H10BrFN2O5/c13-9-5-15(11(9)17)10(14)12(18)21-6-7-1-3-8(4-2-7)16(19)20/h1-4,9-10H,5-6H2. The third-order valence-corrected chi connectivity index (χ3v) is 3.59. The van der Waals surface area contributed by atoms with Crippen LogP contribution >= 0.6 is 15.9 Å². The normalized spacial score (nSPS) is 18.9. The lowest BCUT2D eigenvalue weighted by Gasteiger charge is -2.36. The predicted molar refractivity (Wildman–Crippen MR) is 72.2 cm³/mol. The summed E-state index contributed by atoms with van der Waals surface area (Å²) < 4.78 is 18.4. The Labute approximate surface area is 126 Å². The van der Waals surface area contributed by atoms with Gasteiger partial charge in [-0.15, -0.1) is 0 Å². The molecule has 2 rings (SSSR count). The Balaban J connectivity index is 1.86. The Morgan fingerprint density at radius 3 is 2.62 bits per heavy atom. The summed E-state index contributed by atoms with van der Waals surface area (Å²) in [5.41, 5.74) is 0.387. The fraction of sp³-hybridized carbons (Fsp3) is 0.333. The molecule has 0 spiro atoms. The van der Waals surface area contributed by atoms with Gasteiger partial charge in [0.05, 0.1) is 4.92 Å². The highest BCUT2D eigenvalue weighted by atomic mass is 79.9. The second-order valence-electron chi connectivity index (χ2n) is 4.33. The van der Waals surface area contributed by atoms with E-state index in [0.29, 0.717) is 5.56 Å². The first kappa shape index (κ1) is 15.4. The van der Waals surface area contributed by atoms with Crippen LogP contribution in [0.2, 0.25) is 0 Å². The molecule has 7 nitrogen and oxygen atoms in total. The van der Waals surface area contributed by atoms with Gasteiger partial charge in [-0.25, -0.2) is 9.18 Å². The lowest BCUT2D eigenvalue weighted by atomic mass is 10.2. The van der Waals surface area contributed by atoms with E-state index >= 15 is 0 Å². The summed E-state index contributed by atoms with van der Waals surface area (Å²) in [6.45, 7) is -0.121. The van der Waals surface area contributed by atoms with Crippen LogP contribution in [-0.4, -0.2) is 39.4 Å². The molecule has 0 aliphatic carbocycles. The molecule has 1 aliphatic heterocycles. The molecule has 1 fully saturated rings. The smallest absolute Gasteiger partial charge is 0.362 e. The molecule has 2 atom stereocenters. The topological polar surface area (TPSA) is 89.8 Å². The van der Waals surface area contributed by atoms with Gasteiger partial charge in [0.1, 0.15) is 11.4 Å². The zero-order chi connectivity index (χ0) is 15.6. The number of esters is 1. The molecule has 1 aromatic rings. The van der Waals surface area contributed by atoms with Gasteiger partial charge in [0, 0.05) is 18.7 Å². The van der Waals surface area contributed by atoms with Gasteiger partial charge in [-0.05, 0) is 17.7 Å². The van der Waals surface area contributed by atoms with Crippen LogP contribution in [0.15, 0.2) is 24.3 Å². The van der Waals surface area contributed by atoms with Crippen LogP contribution < -0.4 is 0 Å². The second kappa shape index (κ2) is 6.17. The minimum atomic E-state index is -2.13. The number of benzene rings is 1. The first-order valence-corrected chi connectivity index (χ1v) is 6.80. The van der Waals surface area contributed by atoms with Crippen LogP contribution in [0, 0.1) is 10.1 Å². The summed E-state index contributed by atoms with van der Waals surface area (Å²) in [6, 6.07) is 5.32. The van der Waals surface area contributed by atoms with Crippen molar-refractivity contribution >= 4 is 33.5 Å². The monoisotopic (exact) mass is 360 g/mol. The number of hydrogen-bond donors (Lipinski definition) is 0. The molecule has 9 heteroatoms. The molecule has 0 N–H and O–H groups in total. The summed E-state index contributed by atoms with van der Waals surface area (Å²) in [7, 11) is 0. The van der Waals surface area contributed by atoms with Crippen molar-refractivity contribution in [1.82, 2.24) is 4.90 Å². The van der Waals surface area contributed by atoms with Crippen molar-refractivity contribution in [3.8, 4) is 0 Å². The summed E-state index contributed by atoms with van der Waals surface area (Å²) in [6.07, 6.45) is -2.13. The van der Waals surface area contributed by atoms with Crippen LogP contribution in [0.25, 0.3) is 0 Å². The van der Waals surface area contributed by atoms with E-state index in [4.69, 9.17) is 4.74 Å². The number of β-lactam (4-membered cyclic amide) rings is 1. The number of nitro benzene ring substituents is 1. The second-order valence-corrected chi connectivity index (χ2v) is 5.43. The number of halogens is 2. The molecule has 2 unspecified atom stereocenters. The number of nitro groups is 1. The summed E-state index contributed by atoms with van der Waals surface area (Å²) in [5.74, 6) is -1.67. The SMILES string of the molecule is O=C(OCc1ccc([N+](=O)[O-])cc1)C(F)N1CC(Br)C1=O. The van der Waals surface area contributed by atoms with Gasteiger partial charge in [-0.1, -0.05) is 15.9 Å². The molecule has 21 heavy (non-hydrogen) atoms. The van der Waals surface area contributed by atoms with Crippen LogP contribution in [0.5, 0.6) is 0 Å². The van der Waals surface area contributed by atoms with Crippen molar-refractivity contribution in [3.63, 3.8) is 0 Å². The van der Waals surface area contributed by atoms with E-state index in [-0.39, 0.29) is 18.8 Å². The van der Waals surface area contributed by atoms with Crippen LogP contribution in [0.1, 0.15) is 5.56 Å². The maximum absolute atomic E-state index is 13.7. The van der Waals surface area contributed by atoms with E-state index in [9.17, 15) is 24.1 Å². The van der Waals surface area contributed by atoms with Crippen molar-refractivity contribution in [2.75, 3.05) is 6.54 Å². The molecule has 1 aromatic carbocycles. The first-order chi connectivity index (χ1) is 9.90. The Bertz CT molecular complexity index is 580. The molecule has 0 saturated carbocycles. The third kappa shape index (κ3) is 3.35. The highest BCUT2D eigenvalue weighted by molar-refractivity contribution is 9.10. The van der Waals surface area contributed by atoms with Gasteiger partial charge in [0.25, 0.3) is 12.0 Å². The predicted octanol–water partition coefficient (Wildman–Crippen LogP) is 1.54. The minimum absolute atomic E-state index is 0.0945. The third-order valence-electron chi connectivity index (χ3n) is 2.90. The van der Waals surface area contributed by atoms with Crippen molar-refractivity contribution in [3.05, 3.63) is 39.9 Å². The van der Waals surface area contributed by atoms with E-state index < -0.39 is 27.9 Å². The van der Waals surface area contributed by atoms with Crippen LogP contribution in [0.3, 0.4) is 0 Å². The Kier molecular flexibility index (Phi) is 4.51. The zero-order valence-electron chi connectivity index (χ0n) is 10.6. The Morgan fingerprint density at radius 2 is 2.14 bits per heavy atom. The molecule has 0 aromatic heterocycles. The number of alkyl halides is 2. The molecule has 0 bridgehead atoms. The number of ether oxygens (including phenoxy) is 1. The number of amides is 1. The largest absolute Gasteiger partial charge is 0.457 e. The molecule has 1 saturated heterocycles. The number of rotatable bonds is 5. The van der Waals surface area contributed by atoms with Crippen LogP contribution in [0.4, 0.5) is 10.1 Å². The summed E-state index contributed by atoms with van der Waals surface area (Å²) in [5, 5.41) is 10.5.